The van der Waals surface area contributed by atoms with Crippen LogP contribution >= 0.6 is 11.3 Å². The number of carbonyl (C=O) groups excluding carboxylic acids is 2. The summed E-state index contributed by atoms with van der Waals surface area (Å²) in [4.78, 5) is 31.5. The number of nitrogens with zero attached hydrogens (tertiary/aromatic N) is 2. The first-order chi connectivity index (χ1) is 12.9. The van der Waals surface area contributed by atoms with Gasteiger partial charge in [0.2, 0.25) is 5.91 Å². The zero-order chi connectivity index (χ0) is 19.4. The molecule has 0 bridgehead atoms. The Hall–Kier alpha value is -2.52. The summed E-state index contributed by atoms with van der Waals surface area (Å²) in [6.45, 7) is 6.08. The fraction of sp³-hybridized carbons (Fsp3) is 0.389. The molecule has 2 amide bonds. The third-order valence-electron chi connectivity index (χ3n) is 4.16. The summed E-state index contributed by atoms with van der Waals surface area (Å²) in [6.07, 6.45) is 0. The van der Waals surface area contributed by atoms with Gasteiger partial charge in [0.25, 0.3) is 5.91 Å². The molecule has 0 spiro atoms. The summed E-state index contributed by atoms with van der Waals surface area (Å²) in [7, 11) is 0. The maximum atomic E-state index is 13.3. The van der Waals surface area contributed by atoms with E-state index in [-0.39, 0.29) is 12.5 Å². The molecule has 2 heterocycles. The summed E-state index contributed by atoms with van der Waals surface area (Å²) in [5.74, 6) is -1.21. The third-order valence-corrected chi connectivity index (χ3v) is 5.37. The lowest BCUT2D eigenvalue weighted by Crippen LogP contribution is -2.36. The molecule has 0 aliphatic carbocycles. The van der Waals surface area contributed by atoms with Crippen molar-refractivity contribution < 1.29 is 18.7 Å². The van der Waals surface area contributed by atoms with Crippen LogP contribution < -0.4 is 15.5 Å². The number of morpholine rings is 1. The molecule has 2 N–H and O–H groups in total. The van der Waals surface area contributed by atoms with E-state index in [1.54, 1.807) is 19.9 Å². The molecule has 0 atom stereocenters. The van der Waals surface area contributed by atoms with Crippen molar-refractivity contribution in [3.05, 3.63) is 40.2 Å². The van der Waals surface area contributed by atoms with Crippen molar-refractivity contribution >= 4 is 34.0 Å². The number of aryl methyl sites for hydroxylation is 2. The van der Waals surface area contributed by atoms with E-state index in [0.29, 0.717) is 29.5 Å². The zero-order valence-electron chi connectivity index (χ0n) is 15.2. The van der Waals surface area contributed by atoms with Gasteiger partial charge in [0, 0.05) is 18.8 Å². The van der Waals surface area contributed by atoms with Crippen molar-refractivity contribution in [2.45, 2.75) is 13.8 Å². The van der Waals surface area contributed by atoms with Crippen LogP contribution in [0.3, 0.4) is 0 Å². The molecule has 0 saturated carbocycles. The van der Waals surface area contributed by atoms with E-state index in [9.17, 15) is 14.0 Å². The van der Waals surface area contributed by atoms with Gasteiger partial charge in [-0.15, -0.1) is 0 Å². The molecular weight excluding hydrogens is 371 g/mol. The lowest BCUT2D eigenvalue weighted by Gasteiger charge is -2.25. The number of amides is 2. The van der Waals surface area contributed by atoms with Gasteiger partial charge in [-0.25, -0.2) is 9.37 Å². The molecule has 1 aromatic carbocycles. The van der Waals surface area contributed by atoms with Gasteiger partial charge >= 0.3 is 0 Å². The fourth-order valence-corrected chi connectivity index (χ4v) is 3.68. The molecule has 1 aromatic heterocycles. The number of hydrogen-bond acceptors (Lipinski definition) is 6. The number of carbonyl (C=O) groups is 2. The van der Waals surface area contributed by atoms with Crippen LogP contribution in [0.15, 0.2) is 18.2 Å². The highest BCUT2D eigenvalue weighted by atomic mass is 32.1. The molecular formula is C18H21FN4O3S. The molecule has 1 aliphatic heterocycles. The molecule has 27 heavy (non-hydrogen) atoms. The molecule has 1 aliphatic rings. The van der Waals surface area contributed by atoms with Gasteiger partial charge in [-0.1, -0.05) is 17.4 Å². The van der Waals surface area contributed by atoms with E-state index in [1.165, 1.54) is 23.5 Å². The van der Waals surface area contributed by atoms with Crippen LogP contribution in [0.4, 0.5) is 15.2 Å². The normalized spacial score (nSPS) is 14.1. The van der Waals surface area contributed by atoms with Crippen LogP contribution in [0.1, 0.15) is 20.9 Å². The summed E-state index contributed by atoms with van der Waals surface area (Å²) in [5.41, 5.74) is 1.75. The number of ether oxygens (including phenoxy) is 1. The Balaban J connectivity index is 1.58. The Kier molecular flexibility index (Phi) is 6.02. The number of nitrogens with one attached hydrogen (secondary N) is 2. The average Bonchev–Trinajstić information content (AvgIpc) is 3.05. The number of halogens is 1. The van der Waals surface area contributed by atoms with Crippen molar-refractivity contribution in [2.75, 3.05) is 43.1 Å². The van der Waals surface area contributed by atoms with Crippen LogP contribution in [0.5, 0.6) is 0 Å². The lowest BCUT2D eigenvalue weighted by molar-refractivity contribution is -0.115. The highest BCUT2D eigenvalue weighted by Gasteiger charge is 2.20. The minimum Gasteiger partial charge on any atom is -0.378 e. The Labute approximate surface area is 160 Å². The van der Waals surface area contributed by atoms with E-state index in [0.717, 1.165) is 23.8 Å². The molecule has 1 saturated heterocycles. The Morgan fingerprint density at radius 2 is 2.04 bits per heavy atom. The average molecular weight is 392 g/mol. The monoisotopic (exact) mass is 392 g/mol. The largest absolute Gasteiger partial charge is 0.378 e. The zero-order valence-corrected chi connectivity index (χ0v) is 16.0. The first-order valence-electron chi connectivity index (χ1n) is 8.58. The maximum absolute atomic E-state index is 13.3. The van der Waals surface area contributed by atoms with Crippen molar-refractivity contribution in [3.8, 4) is 0 Å². The predicted molar refractivity (Wildman–Crippen MR) is 102 cm³/mol. The lowest BCUT2D eigenvalue weighted by atomic mass is 10.2. The molecule has 0 unspecified atom stereocenters. The first-order valence-corrected chi connectivity index (χ1v) is 9.40. The number of anilines is 2. The van der Waals surface area contributed by atoms with Crippen molar-refractivity contribution in [1.82, 2.24) is 10.3 Å². The number of benzene rings is 1. The van der Waals surface area contributed by atoms with Crippen LogP contribution in [0.2, 0.25) is 0 Å². The number of thiazole rings is 1. The van der Waals surface area contributed by atoms with Gasteiger partial charge in [0.1, 0.15) is 10.7 Å². The minimum absolute atomic E-state index is 0.209. The van der Waals surface area contributed by atoms with E-state index in [1.807, 2.05) is 0 Å². The summed E-state index contributed by atoms with van der Waals surface area (Å²) in [5, 5.41) is 5.97. The Morgan fingerprint density at radius 3 is 2.78 bits per heavy atom. The molecule has 2 aromatic rings. The second kappa shape index (κ2) is 8.45. The van der Waals surface area contributed by atoms with Gasteiger partial charge in [0.05, 0.1) is 25.5 Å². The number of hydrogen-bond donors (Lipinski definition) is 2. The van der Waals surface area contributed by atoms with Gasteiger partial charge in [-0.2, -0.15) is 0 Å². The fourth-order valence-electron chi connectivity index (χ4n) is 2.65. The SMILES string of the molecule is Cc1ccc(F)cc1NC(=O)CNC(=O)c1sc(N2CCOCC2)nc1C. The molecule has 0 radical (unpaired) electrons. The third kappa shape index (κ3) is 4.81. The van der Waals surface area contributed by atoms with E-state index >= 15 is 0 Å². The van der Waals surface area contributed by atoms with Crippen LogP contribution in [-0.2, 0) is 9.53 Å². The standard InChI is InChI=1S/C18H21FN4O3S/c1-11-3-4-13(19)9-14(11)22-15(24)10-20-17(25)16-12(2)21-18(27-16)23-5-7-26-8-6-23/h3-4,9H,5-8,10H2,1-2H3,(H,20,25)(H,22,24). The summed E-state index contributed by atoms with van der Waals surface area (Å²) >= 11 is 1.30. The molecule has 1 fully saturated rings. The van der Waals surface area contributed by atoms with Crippen molar-refractivity contribution in [3.63, 3.8) is 0 Å². The molecule has 144 valence electrons. The van der Waals surface area contributed by atoms with Crippen LogP contribution in [-0.4, -0.2) is 49.6 Å². The predicted octanol–water partition coefficient (Wildman–Crippen LogP) is 2.10. The van der Waals surface area contributed by atoms with E-state index in [4.69, 9.17) is 4.74 Å². The Morgan fingerprint density at radius 1 is 1.30 bits per heavy atom. The Bertz CT molecular complexity index is 849. The van der Waals surface area contributed by atoms with Gasteiger partial charge in [-0.3, -0.25) is 9.59 Å². The summed E-state index contributed by atoms with van der Waals surface area (Å²) < 4.78 is 18.6. The van der Waals surface area contributed by atoms with Crippen molar-refractivity contribution in [2.24, 2.45) is 0 Å². The second-order valence-electron chi connectivity index (χ2n) is 6.20. The smallest absolute Gasteiger partial charge is 0.263 e. The molecule has 9 heteroatoms. The maximum Gasteiger partial charge on any atom is 0.263 e. The van der Waals surface area contributed by atoms with Gasteiger partial charge in [0.15, 0.2) is 5.13 Å². The summed E-state index contributed by atoms with van der Waals surface area (Å²) in [6, 6.07) is 4.15. The van der Waals surface area contributed by atoms with Crippen LogP contribution in [0, 0.1) is 19.7 Å². The van der Waals surface area contributed by atoms with Crippen LogP contribution in [0.25, 0.3) is 0 Å². The van der Waals surface area contributed by atoms with E-state index in [2.05, 4.69) is 20.5 Å². The number of aromatic nitrogens is 1. The minimum atomic E-state index is -0.434. The molecule has 7 nitrogen and oxygen atoms in total. The first kappa shape index (κ1) is 19.2. The van der Waals surface area contributed by atoms with E-state index < -0.39 is 11.7 Å². The highest BCUT2D eigenvalue weighted by molar-refractivity contribution is 7.17. The van der Waals surface area contributed by atoms with Gasteiger partial charge in [-0.05, 0) is 31.5 Å². The highest BCUT2D eigenvalue weighted by Crippen LogP contribution is 2.26. The second-order valence-corrected chi connectivity index (χ2v) is 7.18. The quantitative estimate of drug-likeness (QED) is 0.814. The topological polar surface area (TPSA) is 83.6 Å². The number of rotatable bonds is 5. The van der Waals surface area contributed by atoms with Gasteiger partial charge < -0.3 is 20.3 Å². The van der Waals surface area contributed by atoms with Crippen molar-refractivity contribution in [1.29, 1.82) is 0 Å². The molecule has 3 rings (SSSR count).